The van der Waals surface area contributed by atoms with E-state index in [4.69, 9.17) is 4.98 Å². The van der Waals surface area contributed by atoms with E-state index in [0.29, 0.717) is 45.2 Å². The number of nitrogens with one attached hydrogen (secondary N) is 3. The van der Waals surface area contributed by atoms with Gasteiger partial charge in [-0.1, -0.05) is 32.9 Å². The fourth-order valence-electron chi connectivity index (χ4n) is 4.12. The third-order valence-electron chi connectivity index (χ3n) is 6.17. The SMILES string of the molecule is CC(C)(C)C(=O)Nc1cncc(-c2cc3c(-c4nc5c(-c6ccccc6F)nccc5[nH]4)n[nH]c3cn2)c1. The van der Waals surface area contributed by atoms with Gasteiger partial charge >= 0.3 is 0 Å². The lowest BCUT2D eigenvalue weighted by Crippen LogP contribution is -2.27. The van der Waals surface area contributed by atoms with Crippen LogP contribution in [0.2, 0.25) is 0 Å². The minimum absolute atomic E-state index is 0.105. The van der Waals surface area contributed by atoms with Crippen LogP contribution in [-0.4, -0.2) is 41.0 Å². The van der Waals surface area contributed by atoms with Crippen LogP contribution in [0.5, 0.6) is 0 Å². The van der Waals surface area contributed by atoms with Crippen molar-refractivity contribution < 1.29 is 9.18 Å². The van der Waals surface area contributed by atoms with Crippen LogP contribution in [0.25, 0.3) is 56.0 Å². The lowest BCUT2D eigenvalue weighted by Gasteiger charge is -2.17. The highest BCUT2D eigenvalue weighted by Gasteiger charge is 2.22. The molecule has 0 aliphatic carbocycles. The molecule has 0 fully saturated rings. The van der Waals surface area contributed by atoms with E-state index in [0.717, 1.165) is 16.5 Å². The van der Waals surface area contributed by atoms with E-state index in [1.807, 2.05) is 32.9 Å². The van der Waals surface area contributed by atoms with Crippen molar-refractivity contribution in [2.24, 2.45) is 5.41 Å². The van der Waals surface area contributed by atoms with Crippen molar-refractivity contribution in [2.75, 3.05) is 5.32 Å². The number of hydrogen-bond donors (Lipinski definition) is 3. The second-order valence-electron chi connectivity index (χ2n) is 9.97. The number of nitrogens with zero attached hydrogens (tertiary/aromatic N) is 5. The largest absolute Gasteiger partial charge is 0.336 e. The smallest absolute Gasteiger partial charge is 0.229 e. The highest BCUT2D eigenvalue weighted by Crippen LogP contribution is 2.32. The maximum atomic E-state index is 14.5. The molecular formula is C28H23FN8O. The summed E-state index contributed by atoms with van der Waals surface area (Å²) in [6.07, 6.45) is 6.60. The average molecular weight is 507 g/mol. The number of amides is 1. The van der Waals surface area contributed by atoms with Gasteiger partial charge in [-0.3, -0.25) is 24.8 Å². The summed E-state index contributed by atoms with van der Waals surface area (Å²) >= 11 is 0. The molecule has 0 atom stereocenters. The highest BCUT2D eigenvalue weighted by atomic mass is 19.1. The number of aromatic nitrogens is 7. The van der Waals surface area contributed by atoms with Crippen molar-refractivity contribution in [3.05, 3.63) is 73.1 Å². The topological polar surface area (TPSA) is 125 Å². The first kappa shape index (κ1) is 23.4. The quantitative estimate of drug-likeness (QED) is 0.280. The molecule has 6 rings (SSSR count). The monoisotopic (exact) mass is 506 g/mol. The first-order valence-corrected chi connectivity index (χ1v) is 12.0. The van der Waals surface area contributed by atoms with Crippen molar-refractivity contribution in [2.45, 2.75) is 20.8 Å². The molecule has 0 bridgehead atoms. The van der Waals surface area contributed by atoms with Gasteiger partial charge in [-0.15, -0.1) is 0 Å². The Morgan fingerprint density at radius 3 is 2.63 bits per heavy atom. The maximum absolute atomic E-state index is 14.5. The second-order valence-corrected chi connectivity index (χ2v) is 9.97. The Balaban J connectivity index is 1.41. The molecule has 6 aromatic rings. The van der Waals surface area contributed by atoms with Crippen LogP contribution in [0.4, 0.5) is 10.1 Å². The van der Waals surface area contributed by atoms with E-state index in [2.05, 4.69) is 35.5 Å². The standard InChI is InChI=1S/C28H23FN8O/c1-28(2,3)27(38)33-16-10-15(12-30-13-16)21-11-18-22(14-32-21)36-37-24(18)26-34-20-8-9-31-23(25(20)35-26)17-6-4-5-7-19(17)29/h4-14H,1-3H3,(H,33,38)(H,34,35)(H,36,37). The molecule has 0 aliphatic heterocycles. The number of pyridine rings is 3. The van der Waals surface area contributed by atoms with E-state index in [-0.39, 0.29) is 11.7 Å². The van der Waals surface area contributed by atoms with E-state index in [9.17, 15) is 9.18 Å². The number of halogens is 1. The van der Waals surface area contributed by atoms with E-state index >= 15 is 0 Å². The molecule has 10 heteroatoms. The van der Waals surface area contributed by atoms with Gasteiger partial charge in [0.15, 0.2) is 5.82 Å². The van der Waals surface area contributed by atoms with Gasteiger partial charge in [-0.05, 0) is 30.3 Å². The van der Waals surface area contributed by atoms with Crippen LogP contribution in [0.15, 0.2) is 67.3 Å². The summed E-state index contributed by atoms with van der Waals surface area (Å²) < 4.78 is 14.5. The predicted molar refractivity (Wildman–Crippen MR) is 143 cm³/mol. The minimum Gasteiger partial charge on any atom is -0.336 e. The van der Waals surface area contributed by atoms with Gasteiger partial charge < -0.3 is 10.3 Å². The summed E-state index contributed by atoms with van der Waals surface area (Å²) in [4.78, 5) is 33.7. The van der Waals surface area contributed by atoms with Gasteiger partial charge in [-0.2, -0.15) is 5.10 Å². The van der Waals surface area contributed by atoms with E-state index in [1.165, 1.54) is 6.07 Å². The number of imidazole rings is 1. The number of rotatable bonds is 4. The van der Waals surface area contributed by atoms with Crippen LogP contribution in [0.1, 0.15) is 20.8 Å². The molecule has 0 saturated heterocycles. The Hall–Kier alpha value is -4.99. The van der Waals surface area contributed by atoms with Gasteiger partial charge in [0.05, 0.1) is 34.8 Å². The van der Waals surface area contributed by atoms with Gasteiger partial charge in [0.2, 0.25) is 5.91 Å². The third-order valence-corrected chi connectivity index (χ3v) is 6.17. The summed E-state index contributed by atoms with van der Waals surface area (Å²) in [6, 6.07) is 12.0. The molecule has 5 heterocycles. The number of carbonyl (C=O) groups excluding carboxylic acids is 1. The Kier molecular flexibility index (Phi) is 5.45. The zero-order valence-corrected chi connectivity index (χ0v) is 20.9. The number of hydrogen-bond acceptors (Lipinski definition) is 6. The summed E-state index contributed by atoms with van der Waals surface area (Å²) in [6.45, 7) is 5.55. The molecule has 188 valence electrons. The minimum atomic E-state index is -0.535. The number of H-pyrrole nitrogens is 2. The van der Waals surface area contributed by atoms with Gasteiger partial charge in [0, 0.05) is 34.3 Å². The van der Waals surface area contributed by atoms with Crippen LogP contribution in [0.3, 0.4) is 0 Å². The van der Waals surface area contributed by atoms with Crippen LogP contribution in [-0.2, 0) is 4.79 Å². The zero-order valence-electron chi connectivity index (χ0n) is 20.9. The lowest BCUT2D eigenvalue weighted by atomic mass is 9.95. The Labute approximate surface area is 216 Å². The lowest BCUT2D eigenvalue weighted by molar-refractivity contribution is -0.123. The van der Waals surface area contributed by atoms with Crippen LogP contribution >= 0.6 is 0 Å². The number of anilines is 1. The first-order chi connectivity index (χ1) is 18.3. The predicted octanol–water partition coefficient (Wildman–Crippen LogP) is 5.75. The molecule has 5 aromatic heterocycles. The van der Waals surface area contributed by atoms with Gasteiger partial charge in [0.25, 0.3) is 0 Å². The fraction of sp³-hybridized carbons (Fsp3) is 0.143. The number of carbonyl (C=O) groups is 1. The molecule has 0 saturated carbocycles. The molecule has 1 amide bonds. The Bertz CT molecular complexity index is 1830. The van der Waals surface area contributed by atoms with Crippen LogP contribution in [0, 0.1) is 11.2 Å². The van der Waals surface area contributed by atoms with Crippen molar-refractivity contribution in [3.8, 4) is 34.0 Å². The van der Waals surface area contributed by atoms with Crippen LogP contribution < -0.4 is 5.32 Å². The third kappa shape index (κ3) is 4.15. The molecule has 0 spiro atoms. The summed E-state index contributed by atoms with van der Waals surface area (Å²) in [7, 11) is 0. The number of aromatic amines is 2. The van der Waals surface area contributed by atoms with Crippen molar-refractivity contribution in [1.29, 1.82) is 0 Å². The fourth-order valence-corrected chi connectivity index (χ4v) is 4.12. The van der Waals surface area contributed by atoms with Crippen molar-refractivity contribution in [3.63, 3.8) is 0 Å². The second kappa shape index (κ2) is 8.84. The molecular weight excluding hydrogens is 483 g/mol. The summed E-state index contributed by atoms with van der Waals surface area (Å²) in [5, 5.41) is 11.2. The number of fused-ring (bicyclic) bond motifs is 2. The first-order valence-electron chi connectivity index (χ1n) is 12.0. The maximum Gasteiger partial charge on any atom is 0.229 e. The van der Waals surface area contributed by atoms with E-state index < -0.39 is 5.41 Å². The molecule has 3 N–H and O–H groups in total. The molecule has 9 nitrogen and oxygen atoms in total. The normalized spacial score (nSPS) is 11.8. The number of benzene rings is 1. The molecule has 38 heavy (non-hydrogen) atoms. The van der Waals surface area contributed by atoms with Crippen molar-refractivity contribution >= 4 is 33.5 Å². The van der Waals surface area contributed by atoms with Gasteiger partial charge in [0.1, 0.15) is 22.7 Å². The van der Waals surface area contributed by atoms with Crippen molar-refractivity contribution in [1.82, 2.24) is 35.1 Å². The van der Waals surface area contributed by atoms with Gasteiger partial charge in [-0.25, -0.2) is 9.37 Å². The molecule has 1 aromatic carbocycles. The molecule has 0 radical (unpaired) electrons. The molecule has 0 aliphatic rings. The summed E-state index contributed by atoms with van der Waals surface area (Å²) in [5.74, 6) is 0.0388. The van der Waals surface area contributed by atoms with E-state index in [1.54, 1.807) is 49.1 Å². The molecule has 0 unspecified atom stereocenters. The average Bonchev–Trinajstić information content (AvgIpc) is 3.52. The Morgan fingerprint density at radius 1 is 0.974 bits per heavy atom. The zero-order chi connectivity index (χ0) is 26.4. The summed E-state index contributed by atoms with van der Waals surface area (Å²) in [5.41, 5.74) is 4.84. The Morgan fingerprint density at radius 2 is 1.82 bits per heavy atom. The highest BCUT2D eigenvalue weighted by molar-refractivity contribution is 5.97.